The topological polar surface area (TPSA) is 66.4 Å². The van der Waals surface area contributed by atoms with E-state index in [4.69, 9.17) is 0 Å². The quantitative estimate of drug-likeness (QED) is 0.292. The summed E-state index contributed by atoms with van der Waals surface area (Å²) in [7, 11) is 0. The molecule has 1 aromatic rings. The Morgan fingerprint density at radius 1 is 1.12 bits per heavy atom. The minimum atomic E-state index is -0.838. The van der Waals surface area contributed by atoms with Gasteiger partial charge in [-0.1, -0.05) is 74.4 Å². The number of carboxylic acids is 1. The highest BCUT2D eigenvalue weighted by atomic mass is 16.4. The van der Waals surface area contributed by atoms with E-state index in [0.717, 1.165) is 16.7 Å². The number of amides is 1. The van der Waals surface area contributed by atoms with Crippen molar-refractivity contribution in [2.45, 2.75) is 73.1 Å². The lowest BCUT2D eigenvalue weighted by molar-refractivity contribution is -0.138. The first-order chi connectivity index (χ1) is 16.0. The molecule has 0 saturated heterocycles. The zero-order valence-corrected chi connectivity index (χ0v) is 21.4. The van der Waals surface area contributed by atoms with Crippen LogP contribution in [0.3, 0.4) is 0 Å². The van der Waals surface area contributed by atoms with Crippen LogP contribution in [-0.2, 0) is 9.59 Å². The van der Waals surface area contributed by atoms with Crippen LogP contribution in [0.1, 0.15) is 78.7 Å². The summed E-state index contributed by atoms with van der Waals surface area (Å²) in [6.45, 7) is 12.7. The molecular weight excluding hydrogens is 422 g/mol. The molecule has 1 aliphatic carbocycles. The fraction of sp³-hybridized carbons (Fsp3) is 0.400. The molecule has 0 aromatic heterocycles. The average Bonchev–Trinajstić information content (AvgIpc) is 2.74. The van der Waals surface area contributed by atoms with Gasteiger partial charge < -0.3 is 10.4 Å². The SMILES string of the molecule is CCC(C(=O)O)c1ccc(NC(=O)/C=C(C)/C=C/C=C(C)/C=C/C2=C(C)CCCC2(C)C)cc1. The molecule has 1 aliphatic rings. The van der Waals surface area contributed by atoms with Gasteiger partial charge in [0.05, 0.1) is 5.92 Å². The second-order valence-corrected chi connectivity index (χ2v) is 9.83. The Hall–Kier alpha value is -3.14. The van der Waals surface area contributed by atoms with Crippen LogP contribution in [0.25, 0.3) is 0 Å². The molecule has 2 N–H and O–H groups in total. The molecule has 0 bridgehead atoms. The average molecular weight is 462 g/mol. The summed E-state index contributed by atoms with van der Waals surface area (Å²) < 4.78 is 0. The van der Waals surface area contributed by atoms with Gasteiger partial charge in [0, 0.05) is 11.8 Å². The lowest BCUT2D eigenvalue weighted by Crippen LogP contribution is -2.19. The minimum Gasteiger partial charge on any atom is -0.481 e. The van der Waals surface area contributed by atoms with Crippen LogP contribution in [0, 0.1) is 5.41 Å². The number of rotatable bonds is 9. The Labute approximate surface area is 204 Å². The third-order valence-corrected chi connectivity index (χ3v) is 6.42. The number of carbonyl (C=O) groups is 2. The first-order valence-corrected chi connectivity index (χ1v) is 12.1. The summed E-state index contributed by atoms with van der Waals surface area (Å²) in [5, 5.41) is 12.1. The van der Waals surface area contributed by atoms with Crippen LogP contribution in [0.4, 0.5) is 5.69 Å². The van der Waals surface area contributed by atoms with Crippen LogP contribution >= 0.6 is 0 Å². The number of carbonyl (C=O) groups excluding carboxylic acids is 1. The molecule has 0 aliphatic heterocycles. The maximum atomic E-state index is 12.3. The second kappa shape index (κ2) is 12.4. The van der Waals surface area contributed by atoms with Gasteiger partial charge in [0.15, 0.2) is 0 Å². The van der Waals surface area contributed by atoms with Crippen LogP contribution in [0.15, 0.2) is 83.0 Å². The predicted octanol–water partition coefficient (Wildman–Crippen LogP) is 7.73. The van der Waals surface area contributed by atoms with Gasteiger partial charge in [0.2, 0.25) is 5.91 Å². The molecule has 0 heterocycles. The highest BCUT2D eigenvalue weighted by molar-refractivity contribution is 6.00. The van der Waals surface area contributed by atoms with E-state index in [9.17, 15) is 14.7 Å². The summed E-state index contributed by atoms with van der Waals surface area (Å²) in [5.74, 6) is -1.59. The molecule has 182 valence electrons. The maximum Gasteiger partial charge on any atom is 0.310 e. The predicted molar refractivity (Wildman–Crippen MR) is 142 cm³/mol. The van der Waals surface area contributed by atoms with Gasteiger partial charge >= 0.3 is 5.97 Å². The molecule has 2 rings (SSSR count). The minimum absolute atomic E-state index is 0.220. The molecule has 0 radical (unpaired) electrons. The van der Waals surface area contributed by atoms with Crippen molar-refractivity contribution in [2.24, 2.45) is 5.41 Å². The largest absolute Gasteiger partial charge is 0.481 e. The number of carboxylic acid groups (broad SMARTS) is 1. The van der Waals surface area contributed by atoms with Gasteiger partial charge in [-0.05, 0) is 80.7 Å². The van der Waals surface area contributed by atoms with Crippen molar-refractivity contribution < 1.29 is 14.7 Å². The zero-order chi connectivity index (χ0) is 25.3. The number of allylic oxidation sites excluding steroid dienone is 9. The smallest absolute Gasteiger partial charge is 0.310 e. The summed E-state index contributed by atoms with van der Waals surface area (Å²) in [4.78, 5) is 23.6. The zero-order valence-electron chi connectivity index (χ0n) is 21.4. The van der Waals surface area contributed by atoms with E-state index in [1.165, 1.54) is 30.4 Å². The van der Waals surface area contributed by atoms with Gasteiger partial charge in [-0.25, -0.2) is 0 Å². The van der Waals surface area contributed by atoms with Crippen LogP contribution < -0.4 is 5.32 Å². The molecule has 1 aromatic carbocycles. The highest BCUT2D eigenvalue weighted by Crippen LogP contribution is 2.40. The van der Waals surface area contributed by atoms with E-state index in [-0.39, 0.29) is 11.3 Å². The number of hydrogen-bond acceptors (Lipinski definition) is 2. The number of benzene rings is 1. The number of nitrogens with one attached hydrogen (secondary N) is 1. The lowest BCUT2D eigenvalue weighted by atomic mass is 9.72. The lowest BCUT2D eigenvalue weighted by Gasteiger charge is -2.32. The van der Waals surface area contributed by atoms with E-state index in [2.05, 4.69) is 45.2 Å². The van der Waals surface area contributed by atoms with Crippen molar-refractivity contribution in [3.05, 3.63) is 88.6 Å². The fourth-order valence-corrected chi connectivity index (χ4v) is 4.42. The highest BCUT2D eigenvalue weighted by Gasteiger charge is 2.26. The van der Waals surface area contributed by atoms with Gasteiger partial charge in [-0.2, -0.15) is 0 Å². The number of aliphatic carboxylic acids is 1. The molecule has 0 saturated carbocycles. The van der Waals surface area contributed by atoms with Gasteiger partial charge in [0.25, 0.3) is 0 Å². The molecular formula is C30H39NO3. The Morgan fingerprint density at radius 2 is 1.79 bits per heavy atom. The van der Waals surface area contributed by atoms with E-state index in [0.29, 0.717) is 12.1 Å². The summed E-state index contributed by atoms with van der Waals surface area (Å²) in [5.41, 5.74) is 6.53. The van der Waals surface area contributed by atoms with Gasteiger partial charge in [-0.3, -0.25) is 9.59 Å². The van der Waals surface area contributed by atoms with Crippen LogP contribution in [-0.4, -0.2) is 17.0 Å². The Kier molecular flexibility index (Phi) is 9.85. The van der Waals surface area contributed by atoms with Gasteiger partial charge in [-0.15, -0.1) is 0 Å². The Morgan fingerprint density at radius 3 is 2.38 bits per heavy atom. The third-order valence-electron chi connectivity index (χ3n) is 6.42. The molecule has 34 heavy (non-hydrogen) atoms. The van der Waals surface area contributed by atoms with Crippen LogP contribution in [0.2, 0.25) is 0 Å². The van der Waals surface area contributed by atoms with E-state index in [1.54, 1.807) is 30.3 Å². The normalized spacial score (nSPS) is 17.9. The molecule has 1 unspecified atom stereocenters. The van der Waals surface area contributed by atoms with Crippen LogP contribution in [0.5, 0.6) is 0 Å². The van der Waals surface area contributed by atoms with E-state index in [1.807, 2.05) is 32.1 Å². The fourth-order valence-electron chi connectivity index (χ4n) is 4.42. The monoisotopic (exact) mass is 461 g/mol. The summed E-state index contributed by atoms with van der Waals surface area (Å²) >= 11 is 0. The van der Waals surface area contributed by atoms with Crippen molar-refractivity contribution in [3.8, 4) is 0 Å². The molecule has 4 nitrogen and oxygen atoms in total. The van der Waals surface area contributed by atoms with E-state index >= 15 is 0 Å². The standard InChI is InChI=1S/C30H39NO3/c1-7-26(29(33)34)24-14-16-25(17-15-24)31-28(32)20-22(3)11-8-10-21(2)13-18-27-23(4)12-9-19-30(27,5)6/h8,10-11,13-18,20,26H,7,9,12,19H2,1-6H3,(H,31,32)(H,33,34)/b11-8+,18-13+,21-10+,22-20+. The van der Waals surface area contributed by atoms with E-state index < -0.39 is 11.9 Å². The van der Waals surface area contributed by atoms with Crippen molar-refractivity contribution in [1.29, 1.82) is 0 Å². The summed E-state index contributed by atoms with van der Waals surface area (Å²) in [6, 6.07) is 6.98. The molecule has 0 spiro atoms. The third kappa shape index (κ3) is 8.02. The Bertz CT molecular complexity index is 1030. The summed E-state index contributed by atoms with van der Waals surface area (Å²) in [6.07, 6.45) is 16.1. The van der Waals surface area contributed by atoms with Crippen molar-refractivity contribution in [3.63, 3.8) is 0 Å². The van der Waals surface area contributed by atoms with Gasteiger partial charge in [0.1, 0.15) is 0 Å². The number of hydrogen-bond donors (Lipinski definition) is 2. The molecule has 1 amide bonds. The molecule has 0 fully saturated rings. The maximum absolute atomic E-state index is 12.3. The number of anilines is 1. The van der Waals surface area contributed by atoms with Crippen molar-refractivity contribution in [1.82, 2.24) is 0 Å². The Balaban J connectivity index is 1.96. The first kappa shape index (κ1) is 27.1. The van der Waals surface area contributed by atoms with Crippen molar-refractivity contribution in [2.75, 3.05) is 5.32 Å². The van der Waals surface area contributed by atoms with Crippen molar-refractivity contribution >= 4 is 17.6 Å². The second-order valence-electron chi connectivity index (χ2n) is 9.83. The first-order valence-electron chi connectivity index (χ1n) is 12.1. The molecule has 1 atom stereocenters. The molecule has 4 heteroatoms.